The van der Waals surface area contributed by atoms with Gasteiger partial charge >= 0.3 is 0 Å². The molecular formula is C12H11ClN2O. The van der Waals surface area contributed by atoms with Crippen LogP contribution < -0.4 is 5.73 Å². The highest BCUT2D eigenvalue weighted by Crippen LogP contribution is 2.31. The van der Waals surface area contributed by atoms with Crippen LogP contribution in [0.3, 0.4) is 0 Å². The largest absolute Gasteiger partial charge is 0.506 e. The lowest BCUT2D eigenvalue weighted by Gasteiger charge is -2.09. The topological polar surface area (TPSA) is 59.1 Å². The molecule has 0 radical (unpaired) electrons. The molecule has 1 aromatic carbocycles. The molecule has 0 bridgehead atoms. The Balaban J connectivity index is 2.62. The molecule has 0 amide bonds. The molecule has 82 valence electrons. The van der Waals surface area contributed by atoms with E-state index < -0.39 is 0 Å². The van der Waals surface area contributed by atoms with Gasteiger partial charge in [0, 0.05) is 12.1 Å². The van der Waals surface area contributed by atoms with Crippen LogP contribution in [0.25, 0.3) is 11.1 Å². The van der Waals surface area contributed by atoms with Crippen LogP contribution in [-0.2, 0) is 6.54 Å². The third-order valence-corrected chi connectivity index (χ3v) is 2.65. The van der Waals surface area contributed by atoms with Gasteiger partial charge in [-0.2, -0.15) is 0 Å². The number of pyridine rings is 1. The SMILES string of the molecule is NCc1ccccc1-c1cc(O)cnc1Cl. The summed E-state index contributed by atoms with van der Waals surface area (Å²) in [6.07, 6.45) is 1.32. The van der Waals surface area contributed by atoms with Gasteiger partial charge in [-0.15, -0.1) is 0 Å². The van der Waals surface area contributed by atoms with Crippen LogP contribution in [0.2, 0.25) is 5.15 Å². The van der Waals surface area contributed by atoms with E-state index in [0.29, 0.717) is 17.3 Å². The first-order chi connectivity index (χ1) is 7.72. The predicted molar refractivity (Wildman–Crippen MR) is 64.2 cm³/mol. The second kappa shape index (κ2) is 4.51. The van der Waals surface area contributed by atoms with Crippen molar-refractivity contribution < 1.29 is 5.11 Å². The molecule has 0 unspecified atom stereocenters. The molecular weight excluding hydrogens is 224 g/mol. The number of halogens is 1. The Morgan fingerprint density at radius 2 is 2.00 bits per heavy atom. The van der Waals surface area contributed by atoms with Gasteiger partial charge in [0.1, 0.15) is 10.9 Å². The molecule has 0 aliphatic heterocycles. The monoisotopic (exact) mass is 234 g/mol. The van der Waals surface area contributed by atoms with Crippen LogP contribution >= 0.6 is 11.6 Å². The first-order valence-corrected chi connectivity index (χ1v) is 5.23. The minimum Gasteiger partial charge on any atom is -0.506 e. The molecule has 0 saturated heterocycles. The van der Waals surface area contributed by atoms with E-state index in [4.69, 9.17) is 17.3 Å². The maximum Gasteiger partial charge on any atom is 0.137 e. The van der Waals surface area contributed by atoms with Crippen LogP contribution in [0.4, 0.5) is 0 Å². The van der Waals surface area contributed by atoms with Crippen molar-refractivity contribution in [2.75, 3.05) is 0 Å². The number of aromatic hydroxyl groups is 1. The van der Waals surface area contributed by atoms with Crippen LogP contribution in [0.5, 0.6) is 5.75 Å². The highest BCUT2D eigenvalue weighted by molar-refractivity contribution is 6.32. The molecule has 0 fully saturated rings. The summed E-state index contributed by atoms with van der Waals surface area (Å²) in [6.45, 7) is 0.419. The van der Waals surface area contributed by atoms with Crippen molar-refractivity contribution in [1.29, 1.82) is 0 Å². The number of nitrogens with zero attached hydrogens (tertiary/aromatic N) is 1. The Kier molecular flexibility index (Phi) is 3.08. The molecule has 4 heteroatoms. The first-order valence-electron chi connectivity index (χ1n) is 4.85. The lowest BCUT2D eigenvalue weighted by Crippen LogP contribution is -1.99. The Labute approximate surface area is 98.5 Å². The van der Waals surface area contributed by atoms with E-state index in [9.17, 15) is 5.11 Å². The average Bonchev–Trinajstić information content (AvgIpc) is 2.32. The van der Waals surface area contributed by atoms with Gasteiger partial charge in [-0.3, -0.25) is 0 Å². The first kappa shape index (κ1) is 10.9. The van der Waals surface area contributed by atoms with Gasteiger partial charge in [0.15, 0.2) is 0 Å². The van der Waals surface area contributed by atoms with E-state index in [1.54, 1.807) is 6.07 Å². The van der Waals surface area contributed by atoms with E-state index in [1.807, 2.05) is 24.3 Å². The molecule has 16 heavy (non-hydrogen) atoms. The normalized spacial score (nSPS) is 10.4. The molecule has 1 aromatic heterocycles. The Bertz CT molecular complexity index is 514. The molecule has 3 N–H and O–H groups in total. The fraction of sp³-hybridized carbons (Fsp3) is 0.0833. The number of benzene rings is 1. The third kappa shape index (κ3) is 2.01. The Morgan fingerprint density at radius 1 is 1.25 bits per heavy atom. The van der Waals surface area contributed by atoms with Crippen molar-refractivity contribution >= 4 is 11.6 Å². The summed E-state index contributed by atoms with van der Waals surface area (Å²) in [5.41, 5.74) is 8.22. The highest BCUT2D eigenvalue weighted by atomic mass is 35.5. The molecule has 0 spiro atoms. The van der Waals surface area contributed by atoms with E-state index in [2.05, 4.69) is 4.98 Å². The molecule has 2 aromatic rings. The third-order valence-electron chi connectivity index (χ3n) is 2.35. The van der Waals surface area contributed by atoms with Crippen molar-refractivity contribution in [3.8, 4) is 16.9 Å². The smallest absolute Gasteiger partial charge is 0.137 e. The zero-order valence-electron chi connectivity index (χ0n) is 8.52. The van der Waals surface area contributed by atoms with Gasteiger partial charge in [-0.25, -0.2) is 4.98 Å². The number of hydrogen-bond donors (Lipinski definition) is 2. The van der Waals surface area contributed by atoms with Crippen molar-refractivity contribution in [2.24, 2.45) is 5.73 Å². The Morgan fingerprint density at radius 3 is 2.75 bits per heavy atom. The second-order valence-electron chi connectivity index (χ2n) is 3.39. The van der Waals surface area contributed by atoms with E-state index in [1.165, 1.54) is 6.20 Å². The van der Waals surface area contributed by atoms with Crippen LogP contribution in [-0.4, -0.2) is 10.1 Å². The minimum absolute atomic E-state index is 0.0891. The molecule has 0 saturated carbocycles. The zero-order chi connectivity index (χ0) is 11.5. The number of aromatic nitrogens is 1. The molecule has 2 rings (SSSR count). The van der Waals surface area contributed by atoms with Gasteiger partial charge < -0.3 is 10.8 Å². The fourth-order valence-electron chi connectivity index (χ4n) is 1.59. The maximum absolute atomic E-state index is 9.41. The van der Waals surface area contributed by atoms with Crippen molar-refractivity contribution in [2.45, 2.75) is 6.54 Å². The van der Waals surface area contributed by atoms with Crippen LogP contribution in [0, 0.1) is 0 Å². The maximum atomic E-state index is 9.41. The van der Waals surface area contributed by atoms with Crippen LogP contribution in [0.15, 0.2) is 36.5 Å². The van der Waals surface area contributed by atoms with Gasteiger partial charge in [-0.1, -0.05) is 35.9 Å². The summed E-state index contributed by atoms with van der Waals surface area (Å²) in [5, 5.41) is 9.77. The predicted octanol–water partition coefficient (Wildman–Crippen LogP) is 2.57. The van der Waals surface area contributed by atoms with E-state index >= 15 is 0 Å². The molecule has 0 aliphatic rings. The van der Waals surface area contributed by atoms with Gasteiger partial charge in [-0.05, 0) is 17.2 Å². The number of hydrogen-bond acceptors (Lipinski definition) is 3. The molecule has 0 atom stereocenters. The summed E-state index contributed by atoms with van der Waals surface area (Å²) in [4.78, 5) is 3.91. The summed E-state index contributed by atoms with van der Waals surface area (Å²) in [5.74, 6) is 0.0891. The number of rotatable bonds is 2. The lowest BCUT2D eigenvalue weighted by molar-refractivity contribution is 0.473. The molecule has 0 aliphatic carbocycles. The Hall–Kier alpha value is -1.58. The van der Waals surface area contributed by atoms with Gasteiger partial charge in [0.2, 0.25) is 0 Å². The summed E-state index contributed by atoms with van der Waals surface area (Å²) in [7, 11) is 0. The number of nitrogens with two attached hydrogens (primary N) is 1. The van der Waals surface area contributed by atoms with Gasteiger partial charge in [0.25, 0.3) is 0 Å². The highest BCUT2D eigenvalue weighted by Gasteiger charge is 2.09. The van der Waals surface area contributed by atoms with Crippen molar-refractivity contribution in [3.63, 3.8) is 0 Å². The standard InChI is InChI=1S/C12H11ClN2O/c13-12-11(5-9(16)7-15-12)10-4-2-1-3-8(10)6-14/h1-5,7,16H,6,14H2. The quantitative estimate of drug-likeness (QED) is 0.786. The summed E-state index contributed by atoms with van der Waals surface area (Å²) >= 11 is 6.00. The fourth-order valence-corrected chi connectivity index (χ4v) is 1.79. The van der Waals surface area contributed by atoms with Gasteiger partial charge in [0.05, 0.1) is 6.20 Å². The zero-order valence-corrected chi connectivity index (χ0v) is 9.28. The second-order valence-corrected chi connectivity index (χ2v) is 3.75. The van der Waals surface area contributed by atoms with E-state index in [-0.39, 0.29) is 5.75 Å². The van der Waals surface area contributed by atoms with Crippen molar-refractivity contribution in [3.05, 3.63) is 47.2 Å². The average molecular weight is 235 g/mol. The molecule has 1 heterocycles. The minimum atomic E-state index is 0.0891. The van der Waals surface area contributed by atoms with E-state index in [0.717, 1.165) is 11.1 Å². The summed E-state index contributed by atoms with van der Waals surface area (Å²) < 4.78 is 0. The molecule has 3 nitrogen and oxygen atoms in total. The van der Waals surface area contributed by atoms with Crippen molar-refractivity contribution in [1.82, 2.24) is 4.98 Å². The lowest BCUT2D eigenvalue weighted by atomic mass is 10.0. The van der Waals surface area contributed by atoms with Crippen LogP contribution in [0.1, 0.15) is 5.56 Å². The summed E-state index contributed by atoms with van der Waals surface area (Å²) in [6, 6.07) is 9.23.